The topological polar surface area (TPSA) is 70.7 Å². The predicted octanol–water partition coefficient (Wildman–Crippen LogP) is 1.51. The minimum atomic E-state index is -0.515. The lowest BCUT2D eigenvalue weighted by Gasteiger charge is -2.01. The number of fused-ring (bicyclic) bond motifs is 1. The predicted molar refractivity (Wildman–Crippen MR) is 50.6 cm³/mol. The molecule has 2 N–H and O–H groups in total. The summed E-state index contributed by atoms with van der Waals surface area (Å²) in [6.45, 7) is 1.62. The lowest BCUT2D eigenvalue weighted by atomic mass is 10.2. The van der Waals surface area contributed by atoms with E-state index in [1.807, 2.05) is 0 Å². The van der Waals surface area contributed by atoms with Gasteiger partial charge in [0.25, 0.3) is 0 Å². The Morgan fingerprint density at radius 2 is 2.00 bits per heavy atom. The zero-order chi connectivity index (χ0) is 10.3. The Morgan fingerprint density at radius 1 is 1.29 bits per heavy atom. The molecule has 72 valence electrons. The van der Waals surface area contributed by atoms with Crippen molar-refractivity contribution in [3.05, 3.63) is 34.2 Å². The summed E-state index contributed by atoms with van der Waals surface area (Å²) in [6, 6.07) is 4.51. The molecule has 4 heteroatoms. The normalized spacial score (nSPS) is 10.6. The molecule has 1 aromatic carbocycles. The van der Waals surface area contributed by atoms with Crippen LogP contribution in [0.1, 0.15) is 5.56 Å². The highest BCUT2D eigenvalue weighted by Crippen LogP contribution is 2.32. The number of aromatic hydroxyl groups is 2. The van der Waals surface area contributed by atoms with Crippen LogP contribution in [0.25, 0.3) is 11.0 Å². The van der Waals surface area contributed by atoms with Gasteiger partial charge < -0.3 is 14.6 Å². The van der Waals surface area contributed by atoms with Crippen LogP contribution in [-0.4, -0.2) is 10.2 Å². The molecule has 0 unspecified atom stereocenters. The molecule has 2 rings (SSSR count). The number of phenols is 2. The zero-order valence-electron chi connectivity index (χ0n) is 7.44. The van der Waals surface area contributed by atoms with Crippen molar-refractivity contribution in [2.24, 2.45) is 0 Å². The van der Waals surface area contributed by atoms with Crippen LogP contribution in [0.3, 0.4) is 0 Å². The third kappa shape index (κ3) is 1.12. The zero-order valence-corrected chi connectivity index (χ0v) is 7.44. The van der Waals surface area contributed by atoms with E-state index in [9.17, 15) is 9.90 Å². The lowest BCUT2D eigenvalue weighted by Crippen LogP contribution is -2.01. The summed E-state index contributed by atoms with van der Waals surface area (Å²) in [7, 11) is 0. The largest absolute Gasteiger partial charge is 0.504 e. The van der Waals surface area contributed by atoms with Gasteiger partial charge in [-0.1, -0.05) is 0 Å². The van der Waals surface area contributed by atoms with Crippen LogP contribution in [0.4, 0.5) is 0 Å². The molecule has 0 atom stereocenters. The van der Waals surface area contributed by atoms with Crippen LogP contribution in [0.15, 0.2) is 27.4 Å². The van der Waals surface area contributed by atoms with Gasteiger partial charge in [-0.3, -0.25) is 0 Å². The summed E-state index contributed by atoms with van der Waals surface area (Å²) in [5.41, 5.74) is -0.0402. The first-order chi connectivity index (χ1) is 6.59. The minimum Gasteiger partial charge on any atom is -0.504 e. The highest BCUT2D eigenvalue weighted by molar-refractivity contribution is 5.84. The SMILES string of the molecule is Cc1cc2ccc(O)c(O)c2oc1=O. The smallest absolute Gasteiger partial charge is 0.339 e. The van der Waals surface area contributed by atoms with Crippen molar-refractivity contribution in [3.63, 3.8) is 0 Å². The summed E-state index contributed by atoms with van der Waals surface area (Å²) in [5, 5.41) is 19.1. The monoisotopic (exact) mass is 192 g/mol. The van der Waals surface area contributed by atoms with Crippen LogP contribution in [0, 0.1) is 6.92 Å². The molecule has 1 heterocycles. The fourth-order valence-corrected chi connectivity index (χ4v) is 1.26. The average Bonchev–Trinajstić information content (AvgIpc) is 2.15. The fraction of sp³-hybridized carbons (Fsp3) is 0.100. The van der Waals surface area contributed by atoms with E-state index in [0.29, 0.717) is 10.9 Å². The van der Waals surface area contributed by atoms with Crippen molar-refractivity contribution >= 4 is 11.0 Å². The van der Waals surface area contributed by atoms with E-state index in [2.05, 4.69) is 0 Å². The van der Waals surface area contributed by atoms with Gasteiger partial charge in [0, 0.05) is 10.9 Å². The molecule has 0 aliphatic heterocycles. The number of rotatable bonds is 0. The maximum Gasteiger partial charge on any atom is 0.339 e. The van der Waals surface area contributed by atoms with E-state index >= 15 is 0 Å². The fourth-order valence-electron chi connectivity index (χ4n) is 1.26. The Labute approximate surface area is 79.0 Å². The summed E-state index contributed by atoms with van der Waals surface area (Å²) >= 11 is 0. The summed E-state index contributed by atoms with van der Waals surface area (Å²) in [4.78, 5) is 11.1. The third-order valence-electron chi connectivity index (χ3n) is 2.03. The van der Waals surface area contributed by atoms with Crippen LogP contribution in [0.2, 0.25) is 0 Å². The molecule has 4 nitrogen and oxygen atoms in total. The molecule has 0 spiro atoms. The van der Waals surface area contributed by atoms with Gasteiger partial charge in [0.15, 0.2) is 11.3 Å². The summed E-state index contributed by atoms with van der Waals surface area (Å²) in [5.74, 6) is -0.705. The van der Waals surface area contributed by atoms with Crippen molar-refractivity contribution in [3.8, 4) is 11.5 Å². The molecular weight excluding hydrogens is 184 g/mol. The van der Waals surface area contributed by atoms with Crippen molar-refractivity contribution in [1.82, 2.24) is 0 Å². The first-order valence-corrected chi connectivity index (χ1v) is 4.05. The standard InChI is InChI=1S/C10H8O4/c1-5-4-6-2-3-7(11)8(12)9(6)14-10(5)13/h2-4,11-12H,1H3. The average molecular weight is 192 g/mol. The Balaban J connectivity index is 2.97. The second kappa shape index (κ2) is 2.77. The van der Waals surface area contributed by atoms with Crippen LogP contribution in [0.5, 0.6) is 11.5 Å². The maximum absolute atomic E-state index is 11.1. The number of hydrogen-bond acceptors (Lipinski definition) is 4. The van der Waals surface area contributed by atoms with Gasteiger partial charge in [-0.2, -0.15) is 0 Å². The van der Waals surface area contributed by atoms with Crippen molar-refractivity contribution in [1.29, 1.82) is 0 Å². The molecular formula is C10H8O4. The highest BCUT2D eigenvalue weighted by atomic mass is 16.4. The Hall–Kier alpha value is -1.97. The van der Waals surface area contributed by atoms with Crippen molar-refractivity contribution in [2.45, 2.75) is 6.92 Å². The Morgan fingerprint density at radius 3 is 2.71 bits per heavy atom. The molecule has 0 aliphatic carbocycles. The van der Waals surface area contributed by atoms with Crippen LogP contribution < -0.4 is 5.63 Å². The van der Waals surface area contributed by atoms with Crippen molar-refractivity contribution in [2.75, 3.05) is 0 Å². The van der Waals surface area contributed by atoms with E-state index in [-0.39, 0.29) is 11.3 Å². The molecule has 2 aromatic rings. The molecule has 0 bridgehead atoms. The number of hydrogen-bond donors (Lipinski definition) is 2. The van der Waals surface area contributed by atoms with E-state index in [1.165, 1.54) is 6.07 Å². The second-order valence-electron chi connectivity index (χ2n) is 3.07. The molecule has 1 aromatic heterocycles. The minimum absolute atomic E-state index is 0.0144. The molecule has 0 saturated carbocycles. The van der Waals surface area contributed by atoms with E-state index < -0.39 is 11.4 Å². The lowest BCUT2D eigenvalue weighted by molar-refractivity contribution is 0.397. The number of phenolic OH excluding ortho intramolecular Hbond substituents is 2. The Kier molecular flexibility index (Phi) is 1.70. The molecule has 0 amide bonds. The number of benzene rings is 1. The van der Waals surface area contributed by atoms with Gasteiger partial charge >= 0.3 is 5.63 Å². The van der Waals surface area contributed by atoms with Gasteiger partial charge in [0.1, 0.15) is 0 Å². The Bertz CT molecular complexity index is 554. The quantitative estimate of drug-likeness (QED) is 0.490. The first-order valence-electron chi connectivity index (χ1n) is 4.05. The molecule has 0 radical (unpaired) electrons. The molecule has 0 aliphatic rings. The van der Waals surface area contributed by atoms with Gasteiger partial charge in [-0.15, -0.1) is 0 Å². The second-order valence-corrected chi connectivity index (χ2v) is 3.07. The van der Waals surface area contributed by atoms with Gasteiger partial charge in [-0.05, 0) is 25.1 Å². The summed E-state index contributed by atoms with van der Waals surface area (Å²) < 4.78 is 4.84. The van der Waals surface area contributed by atoms with Gasteiger partial charge in [0.2, 0.25) is 5.75 Å². The van der Waals surface area contributed by atoms with E-state index in [0.717, 1.165) is 0 Å². The van der Waals surface area contributed by atoms with E-state index in [4.69, 9.17) is 9.52 Å². The summed E-state index contributed by atoms with van der Waals surface area (Å²) in [6.07, 6.45) is 0. The third-order valence-corrected chi connectivity index (χ3v) is 2.03. The van der Waals surface area contributed by atoms with Gasteiger partial charge in [-0.25, -0.2) is 4.79 Å². The van der Waals surface area contributed by atoms with E-state index in [1.54, 1.807) is 19.1 Å². The van der Waals surface area contributed by atoms with Crippen LogP contribution in [-0.2, 0) is 0 Å². The maximum atomic E-state index is 11.1. The van der Waals surface area contributed by atoms with Gasteiger partial charge in [0.05, 0.1) is 0 Å². The molecule has 0 saturated heterocycles. The highest BCUT2D eigenvalue weighted by Gasteiger charge is 2.09. The first kappa shape index (κ1) is 8.62. The van der Waals surface area contributed by atoms with Crippen molar-refractivity contribution < 1.29 is 14.6 Å². The number of aryl methyl sites for hydroxylation is 1. The molecule has 0 fully saturated rings. The molecule has 14 heavy (non-hydrogen) atoms. The van der Waals surface area contributed by atoms with Crippen LogP contribution >= 0.6 is 0 Å².